The third kappa shape index (κ3) is 5.62. The zero-order valence-electron chi connectivity index (χ0n) is 31.9. The number of rotatable bonds is 8. The zero-order valence-corrected chi connectivity index (χ0v) is 32.9. The molecule has 58 heavy (non-hydrogen) atoms. The second-order valence-corrected chi connectivity index (χ2v) is 19.1. The maximum Gasteiger partial charge on any atom is 0.179 e. The van der Waals surface area contributed by atoms with Crippen LogP contribution in [0.4, 0.5) is 0 Å². The maximum absolute atomic E-state index is 6.48. The summed E-state index contributed by atoms with van der Waals surface area (Å²) < 4.78 is 8.85. The Hall–Kier alpha value is -7.20. The van der Waals surface area contributed by atoms with Gasteiger partial charge in [0.2, 0.25) is 0 Å². The number of fused-ring (bicyclic) bond motifs is 6. The Labute approximate surface area is 338 Å². The molecule has 0 aliphatic heterocycles. The topological polar surface area (TPSA) is 18.1 Å². The van der Waals surface area contributed by atoms with Crippen LogP contribution in [0.5, 0.6) is 0 Å². The van der Waals surface area contributed by atoms with Gasteiger partial charge in [0.15, 0.2) is 8.07 Å². The van der Waals surface area contributed by atoms with Crippen LogP contribution < -0.4 is 20.7 Å². The van der Waals surface area contributed by atoms with Crippen molar-refractivity contribution in [2.45, 2.75) is 6.42 Å². The van der Waals surface area contributed by atoms with Crippen LogP contribution in [0, 0.1) is 0 Å². The summed E-state index contributed by atoms with van der Waals surface area (Å²) in [5.74, 6) is 0. The summed E-state index contributed by atoms with van der Waals surface area (Å²) in [5.41, 5.74) is 10.3. The normalized spacial score (nSPS) is 11.9. The third-order valence-electron chi connectivity index (χ3n) is 12.0. The van der Waals surface area contributed by atoms with Crippen LogP contribution >= 0.6 is 0 Å². The molecule has 2 nitrogen and oxygen atoms in total. The Bertz CT molecular complexity index is 3090. The highest BCUT2D eigenvalue weighted by Crippen LogP contribution is 2.36. The van der Waals surface area contributed by atoms with Crippen molar-refractivity contribution >= 4 is 72.6 Å². The summed E-state index contributed by atoms with van der Waals surface area (Å²) in [5, 5.41) is 10.3. The van der Waals surface area contributed by atoms with E-state index in [2.05, 4.69) is 229 Å². The summed E-state index contributed by atoms with van der Waals surface area (Å²) in [6.07, 6.45) is 0.825. The average molecular weight is 758 g/mol. The second kappa shape index (κ2) is 14.1. The molecule has 0 spiro atoms. The molecule has 0 unspecified atom stereocenters. The smallest absolute Gasteiger partial charge is 0.179 e. The molecule has 9 aromatic carbocycles. The highest BCUT2D eigenvalue weighted by molar-refractivity contribution is 7.19. The molecule has 0 aliphatic rings. The Morgan fingerprint density at radius 1 is 0.345 bits per heavy atom. The molecular formula is C55H39NOSi. The Morgan fingerprint density at radius 3 is 1.52 bits per heavy atom. The summed E-state index contributed by atoms with van der Waals surface area (Å²) in [6.45, 7) is 0. The van der Waals surface area contributed by atoms with Crippen LogP contribution in [0.25, 0.3) is 60.6 Å². The van der Waals surface area contributed by atoms with E-state index < -0.39 is 8.07 Å². The van der Waals surface area contributed by atoms with E-state index in [9.17, 15) is 0 Å². The SMILES string of the molecule is c1ccc([Si](c2ccccc2)(c2ccccc2)c2cccc(-c3ccc(Cc4ccc5c(c4)oc4ccc(-n6c7ccccc7c7ccccc76)cc45)cc3)c2)cc1. The molecule has 0 bridgehead atoms. The van der Waals surface area contributed by atoms with E-state index in [1.54, 1.807) is 0 Å². The molecule has 0 aliphatic carbocycles. The van der Waals surface area contributed by atoms with Crippen LogP contribution in [-0.2, 0) is 6.42 Å². The molecule has 274 valence electrons. The number of aromatic nitrogens is 1. The van der Waals surface area contributed by atoms with Gasteiger partial charge >= 0.3 is 0 Å². The average Bonchev–Trinajstić information content (AvgIpc) is 3.83. The Balaban J connectivity index is 0.915. The Kier molecular flexibility index (Phi) is 8.27. The van der Waals surface area contributed by atoms with Crippen LogP contribution in [0.2, 0.25) is 0 Å². The van der Waals surface area contributed by atoms with Gasteiger partial charge in [0.05, 0.1) is 11.0 Å². The van der Waals surface area contributed by atoms with E-state index in [0.717, 1.165) is 34.0 Å². The first-order valence-corrected chi connectivity index (χ1v) is 22.0. The first-order chi connectivity index (χ1) is 28.7. The van der Waals surface area contributed by atoms with E-state index in [-0.39, 0.29) is 0 Å². The lowest BCUT2D eigenvalue weighted by Crippen LogP contribution is -2.74. The minimum Gasteiger partial charge on any atom is -0.456 e. The van der Waals surface area contributed by atoms with Gasteiger partial charge in [0.25, 0.3) is 0 Å². The van der Waals surface area contributed by atoms with E-state index in [1.807, 2.05) is 0 Å². The molecule has 2 aromatic heterocycles. The molecule has 11 rings (SSSR count). The number of nitrogens with zero attached hydrogens (tertiary/aromatic N) is 1. The molecule has 0 saturated heterocycles. The van der Waals surface area contributed by atoms with Crippen molar-refractivity contribution in [1.29, 1.82) is 0 Å². The number of para-hydroxylation sites is 2. The van der Waals surface area contributed by atoms with Crippen molar-refractivity contribution in [3.8, 4) is 16.8 Å². The van der Waals surface area contributed by atoms with Crippen LogP contribution in [0.15, 0.2) is 229 Å². The van der Waals surface area contributed by atoms with Gasteiger partial charge < -0.3 is 8.98 Å². The van der Waals surface area contributed by atoms with Crippen molar-refractivity contribution in [2.24, 2.45) is 0 Å². The lowest BCUT2D eigenvalue weighted by molar-refractivity contribution is 0.668. The van der Waals surface area contributed by atoms with Gasteiger partial charge in [0, 0.05) is 27.2 Å². The number of hydrogen-bond acceptors (Lipinski definition) is 1. The number of hydrogen-bond donors (Lipinski definition) is 0. The molecule has 0 radical (unpaired) electrons. The summed E-state index contributed by atoms with van der Waals surface area (Å²) in [4.78, 5) is 0. The third-order valence-corrected chi connectivity index (χ3v) is 16.7. The van der Waals surface area contributed by atoms with E-state index in [1.165, 1.54) is 64.8 Å². The van der Waals surface area contributed by atoms with Gasteiger partial charge in [0.1, 0.15) is 11.2 Å². The van der Waals surface area contributed by atoms with Crippen LogP contribution in [0.3, 0.4) is 0 Å². The van der Waals surface area contributed by atoms with Crippen LogP contribution in [0.1, 0.15) is 11.1 Å². The van der Waals surface area contributed by atoms with Gasteiger partial charge in [-0.15, -0.1) is 0 Å². The molecule has 11 aromatic rings. The minimum atomic E-state index is -2.61. The quantitative estimate of drug-likeness (QED) is 0.112. The minimum absolute atomic E-state index is 0.825. The highest BCUT2D eigenvalue weighted by Gasteiger charge is 2.41. The van der Waals surface area contributed by atoms with Gasteiger partial charge in [-0.3, -0.25) is 0 Å². The second-order valence-electron chi connectivity index (χ2n) is 15.3. The Morgan fingerprint density at radius 2 is 0.897 bits per heavy atom. The van der Waals surface area contributed by atoms with Crippen molar-refractivity contribution < 1.29 is 4.42 Å². The highest BCUT2D eigenvalue weighted by atomic mass is 28.3. The standard InChI is InChI=1S/C55H39NOSi/c1-4-16-44(17-5-1)58(45-18-6-2-7-19-45,46-20-8-3-9-21-46)47-22-14-15-42(37-47)41-30-27-39(28-31-41)35-40-29-33-50-51-38-43(32-34-54(51)57-55(50)36-40)56-52-25-12-10-23-48(52)49-24-11-13-26-53(49)56/h1-34,36-38H,35H2. The zero-order chi connectivity index (χ0) is 38.5. The molecule has 0 saturated carbocycles. The molecule has 3 heteroatoms. The van der Waals surface area contributed by atoms with E-state index >= 15 is 0 Å². The van der Waals surface area contributed by atoms with Gasteiger partial charge in [-0.05, 0) is 85.8 Å². The van der Waals surface area contributed by atoms with Crippen molar-refractivity contribution in [2.75, 3.05) is 0 Å². The fourth-order valence-corrected chi connectivity index (χ4v) is 14.1. The first kappa shape index (κ1) is 34.1. The van der Waals surface area contributed by atoms with Crippen molar-refractivity contribution in [3.63, 3.8) is 0 Å². The van der Waals surface area contributed by atoms with Gasteiger partial charge in [-0.2, -0.15) is 0 Å². The molecule has 0 amide bonds. The first-order valence-electron chi connectivity index (χ1n) is 20.0. The predicted octanol–water partition coefficient (Wildman–Crippen LogP) is 11.3. The van der Waals surface area contributed by atoms with Crippen LogP contribution in [-0.4, -0.2) is 12.6 Å². The van der Waals surface area contributed by atoms with E-state index in [0.29, 0.717) is 0 Å². The number of furan rings is 1. The largest absolute Gasteiger partial charge is 0.456 e. The molecule has 0 atom stereocenters. The van der Waals surface area contributed by atoms with E-state index in [4.69, 9.17) is 4.42 Å². The maximum atomic E-state index is 6.48. The predicted molar refractivity (Wildman–Crippen MR) is 246 cm³/mol. The lowest BCUT2D eigenvalue weighted by atomic mass is 9.99. The number of benzene rings is 9. The molecule has 0 N–H and O–H groups in total. The fourth-order valence-electron chi connectivity index (χ4n) is 9.31. The lowest BCUT2D eigenvalue weighted by Gasteiger charge is -2.34. The summed E-state index contributed by atoms with van der Waals surface area (Å²) in [7, 11) is -2.61. The molecule has 2 heterocycles. The summed E-state index contributed by atoms with van der Waals surface area (Å²) >= 11 is 0. The fraction of sp³-hybridized carbons (Fsp3) is 0.0182. The van der Waals surface area contributed by atoms with Crippen molar-refractivity contribution in [1.82, 2.24) is 4.57 Å². The van der Waals surface area contributed by atoms with Gasteiger partial charge in [-0.25, -0.2) is 0 Å². The molecular weight excluding hydrogens is 719 g/mol. The van der Waals surface area contributed by atoms with Gasteiger partial charge in [-0.1, -0.05) is 188 Å². The molecule has 0 fully saturated rings. The summed E-state index contributed by atoms with van der Waals surface area (Å²) in [6, 6.07) is 82.3. The van der Waals surface area contributed by atoms with Crippen molar-refractivity contribution in [3.05, 3.63) is 236 Å². The monoisotopic (exact) mass is 757 g/mol.